The number of nitrogens with one attached hydrogen (secondary N) is 1. The molecule has 3 rings (SSSR count). The number of amides is 1. The molecule has 1 atom stereocenters. The number of rotatable bonds is 7. The zero-order valence-corrected chi connectivity index (χ0v) is 16.1. The summed E-state index contributed by atoms with van der Waals surface area (Å²) in [4.78, 5) is 17.4. The van der Waals surface area contributed by atoms with E-state index in [4.69, 9.17) is 4.74 Å². The Kier molecular flexibility index (Phi) is 7.47. The summed E-state index contributed by atoms with van der Waals surface area (Å²) in [5.41, 5.74) is 2.71. The summed E-state index contributed by atoms with van der Waals surface area (Å²) < 4.78 is 5.37. The molecule has 2 saturated heterocycles. The molecule has 0 spiro atoms. The van der Waals surface area contributed by atoms with Gasteiger partial charge >= 0.3 is 0 Å². The molecule has 1 amide bonds. The SMILES string of the molecule is Cc1ccccc1CN1CCCC(C(=O)NCCCN2CCOCC2)C1. The molecule has 0 aliphatic carbocycles. The first-order valence-electron chi connectivity index (χ1n) is 10.1. The highest BCUT2D eigenvalue weighted by atomic mass is 16.5. The van der Waals surface area contributed by atoms with Gasteiger partial charge in [0, 0.05) is 32.7 Å². The van der Waals surface area contributed by atoms with Gasteiger partial charge in [-0.2, -0.15) is 0 Å². The van der Waals surface area contributed by atoms with Gasteiger partial charge in [0.25, 0.3) is 0 Å². The molecule has 5 heteroatoms. The molecule has 1 unspecified atom stereocenters. The molecular weight excluding hydrogens is 326 g/mol. The smallest absolute Gasteiger partial charge is 0.224 e. The van der Waals surface area contributed by atoms with E-state index in [0.29, 0.717) is 0 Å². The lowest BCUT2D eigenvalue weighted by Crippen LogP contribution is -2.43. The fourth-order valence-electron chi connectivity index (χ4n) is 3.92. The second kappa shape index (κ2) is 10.0. The van der Waals surface area contributed by atoms with Crippen molar-refractivity contribution in [3.05, 3.63) is 35.4 Å². The molecule has 0 radical (unpaired) electrons. The van der Waals surface area contributed by atoms with Gasteiger partial charge in [-0.3, -0.25) is 14.6 Å². The van der Waals surface area contributed by atoms with Crippen molar-refractivity contribution < 1.29 is 9.53 Å². The maximum Gasteiger partial charge on any atom is 0.224 e. The third-order valence-corrected chi connectivity index (χ3v) is 5.59. The van der Waals surface area contributed by atoms with Crippen molar-refractivity contribution in [3.63, 3.8) is 0 Å². The van der Waals surface area contributed by atoms with Gasteiger partial charge < -0.3 is 10.1 Å². The predicted octanol–water partition coefficient (Wildman–Crippen LogP) is 2.05. The number of ether oxygens (including phenoxy) is 1. The van der Waals surface area contributed by atoms with E-state index in [9.17, 15) is 4.79 Å². The Morgan fingerprint density at radius 3 is 2.81 bits per heavy atom. The number of aryl methyl sites for hydroxylation is 1. The van der Waals surface area contributed by atoms with E-state index in [-0.39, 0.29) is 11.8 Å². The highest BCUT2D eigenvalue weighted by Gasteiger charge is 2.25. The van der Waals surface area contributed by atoms with Crippen LogP contribution < -0.4 is 5.32 Å². The van der Waals surface area contributed by atoms with E-state index in [1.54, 1.807) is 0 Å². The summed E-state index contributed by atoms with van der Waals surface area (Å²) in [7, 11) is 0. The van der Waals surface area contributed by atoms with Crippen LogP contribution in [0.3, 0.4) is 0 Å². The minimum absolute atomic E-state index is 0.135. The van der Waals surface area contributed by atoms with E-state index >= 15 is 0 Å². The van der Waals surface area contributed by atoms with Crippen LogP contribution in [0, 0.1) is 12.8 Å². The number of likely N-dealkylation sites (tertiary alicyclic amines) is 1. The monoisotopic (exact) mass is 359 g/mol. The van der Waals surface area contributed by atoms with Gasteiger partial charge in [-0.05, 0) is 50.4 Å². The second-order valence-corrected chi connectivity index (χ2v) is 7.60. The summed E-state index contributed by atoms with van der Waals surface area (Å²) >= 11 is 0. The van der Waals surface area contributed by atoms with Crippen molar-refractivity contribution in [1.82, 2.24) is 15.1 Å². The zero-order chi connectivity index (χ0) is 18.2. The molecule has 2 fully saturated rings. The Morgan fingerprint density at radius 1 is 1.19 bits per heavy atom. The zero-order valence-electron chi connectivity index (χ0n) is 16.1. The summed E-state index contributed by atoms with van der Waals surface area (Å²) in [5.74, 6) is 0.373. The number of benzene rings is 1. The summed E-state index contributed by atoms with van der Waals surface area (Å²) in [6, 6.07) is 8.55. The van der Waals surface area contributed by atoms with Gasteiger partial charge in [-0.25, -0.2) is 0 Å². The van der Waals surface area contributed by atoms with Crippen molar-refractivity contribution in [3.8, 4) is 0 Å². The Hall–Kier alpha value is -1.43. The maximum atomic E-state index is 12.5. The van der Waals surface area contributed by atoms with Crippen LogP contribution in [0.15, 0.2) is 24.3 Å². The molecule has 26 heavy (non-hydrogen) atoms. The normalized spacial score (nSPS) is 22.3. The van der Waals surface area contributed by atoms with Crippen LogP contribution in [-0.2, 0) is 16.1 Å². The van der Waals surface area contributed by atoms with Crippen LogP contribution in [-0.4, -0.2) is 68.2 Å². The van der Waals surface area contributed by atoms with Crippen molar-refractivity contribution in [2.45, 2.75) is 32.7 Å². The molecule has 2 heterocycles. The quantitative estimate of drug-likeness (QED) is 0.757. The fourth-order valence-corrected chi connectivity index (χ4v) is 3.92. The number of carbonyl (C=O) groups is 1. The molecule has 0 bridgehead atoms. The van der Waals surface area contributed by atoms with Gasteiger partial charge in [0.1, 0.15) is 0 Å². The number of hydrogen-bond acceptors (Lipinski definition) is 4. The minimum atomic E-state index is 0.135. The maximum absolute atomic E-state index is 12.5. The van der Waals surface area contributed by atoms with Crippen LogP contribution in [0.1, 0.15) is 30.4 Å². The second-order valence-electron chi connectivity index (χ2n) is 7.60. The van der Waals surface area contributed by atoms with Crippen LogP contribution in [0.25, 0.3) is 0 Å². The number of piperidine rings is 1. The van der Waals surface area contributed by atoms with Crippen LogP contribution in [0.5, 0.6) is 0 Å². The lowest BCUT2D eigenvalue weighted by molar-refractivity contribution is -0.126. The number of morpholine rings is 1. The van der Waals surface area contributed by atoms with Crippen molar-refractivity contribution in [1.29, 1.82) is 0 Å². The molecular formula is C21H33N3O2. The Bertz CT molecular complexity index is 572. The van der Waals surface area contributed by atoms with Crippen molar-refractivity contribution in [2.24, 2.45) is 5.92 Å². The van der Waals surface area contributed by atoms with E-state index in [0.717, 1.165) is 78.3 Å². The largest absolute Gasteiger partial charge is 0.379 e. The summed E-state index contributed by atoms with van der Waals surface area (Å²) in [6.45, 7) is 10.6. The lowest BCUT2D eigenvalue weighted by Gasteiger charge is -2.32. The number of carbonyl (C=O) groups excluding carboxylic acids is 1. The number of hydrogen-bond donors (Lipinski definition) is 1. The van der Waals surface area contributed by atoms with E-state index < -0.39 is 0 Å². The van der Waals surface area contributed by atoms with E-state index in [1.165, 1.54) is 11.1 Å². The molecule has 5 nitrogen and oxygen atoms in total. The van der Waals surface area contributed by atoms with Gasteiger partial charge in [0.15, 0.2) is 0 Å². The molecule has 144 valence electrons. The molecule has 1 N–H and O–H groups in total. The van der Waals surface area contributed by atoms with Crippen molar-refractivity contribution >= 4 is 5.91 Å². The third-order valence-electron chi connectivity index (χ3n) is 5.59. The average molecular weight is 360 g/mol. The highest BCUT2D eigenvalue weighted by Crippen LogP contribution is 2.20. The summed E-state index contributed by atoms with van der Waals surface area (Å²) in [5, 5.41) is 3.16. The van der Waals surface area contributed by atoms with Crippen molar-refractivity contribution in [2.75, 3.05) is 52.5 Å². The van der Waals surface area contributed by atoms with Gasteiger partial charge in [0.05, 0.1) is 19.1 Å². The predicted molar refractivity (Wildman–Crippen MR) is 104 cm³/mol. The first-order chi connectivity index (χ1) is 12.7. The Morgan fingerprint density at radius 2 is 2.00 bits per heavy atom. The van der Waals surface area contributed by atoms with Gasteiger partial charge in [0.2, 0.25) is 5.91 Å². The van der Waals surface area contributed by atoms with Crippen LogP contribution in [0.4, 0.5) is 0 Å². The topological polar surface area (TPSA) is 44.8 Å². The average Bonchev–Trinajstić information content (AvgIpc) is 2.68. The summed E-state index contributed by atoms with van der Waals surface area (Å²) in [6.07, 6.45) is 3.14. The first kappa shape index (κ1) is 19.3. The highest BCUT2D eigenvalue weighted by molar-refractivity contribution is 5.78. The lowest BCUT2D eigenvalue weighted by atomic mass is 9.96. The molecule has 0 saturated carbocycles. The Labute approximate surface area is 157 Å². The van der Waals surface area contributed by atoms with E-state index in [1.807, 2.05) is 0 Å². The Balaban J connectivity index is 1.38. The standard InChI is InChI=1S/C21H33N3O2/c1-18-6-2-3-7-19(18)16-24-10-4-8-20(17-24)21(25)22-9-5-11-23-12-14-26-15-13-23/h2-3,6-7,20H,4-5,8-17H2,1H3,(H,22,25). The molecule has 1 aromatic rings. The first-order valence-corrected chi connectivity index (χ1v) is 10.1. The van der Waals surface area contributed by atoms with Crippen LogP contribution >= 0.6 is 0 Å². The van der Waals surface area contributed by atoms with Crippen LogP contribution in [0.2, 0.25) is 0 Å². The molecule has 2 aliphatic rings. The molecule has 2 aliphatic heterocycles. The molecule has 0 aromatic heterocycles. The minimum Gasteiger partial charge on any atom is -0.379 e. The van der Waals surface area contributed by atoms with Gasteiger partial charge in [-0.1, -0.05) is 24.3 Å². The molecule has 1 aromatic carbocycles. The number of nitrogens with zero attached hydrogens (tertiary/aromatic N) is 2. The van der Waals surface area contributed by atoms with Gasteiger partial charge in [-0.15, -0.1) is 0 Å². The third kappa shape index (κ3) is 5.79. The fraction of sp³-hybridized carbons (Fsp3) is 0.667. The van der Waals surface area contributed by atoms with E-state index in [2.05, 4.69) is 46.3 Å².